The van der Waals surface area contributed by atoms with Gasteiger partial charge in [0, 0.05) is 6.61 Å². The Kier molecular flexibility index (Phi) is 29.7. The number of rotatable bonds is 7. The van der Waals surface area contributed by atoms with E-state index in [4.69, 9.17) is 26.4 Å². The average molecular weight is 345 g/mol. The molecule has 7 nitrogen and oxygen atoms in total. The summed E-state index contributed by atoms with van der Waals surface area (Å²) < 4.78 is 4.78. The predicted molar refractivity (Wildman–Crippen MR) is 90.0 cm³/mol. The number of unbranched alkanes of at least 4 members (excludes halogenated alkanes) is 2. The molecule has 0 unspecified atom stereocenters. The topological polar surface area (TPSA) is 136 Å². The Bertz CT molecular complexity index is 249. The third-order valence-electron chi connectivity index (χ3n) is 2.02. The van der Waals surface area contributed by atoms with E-state index in [0.717, 1.165) is 25.7 Å². The zero-order chi connectivity index (χ0) is 17.3. The highest BCUT2D eigenvalue weighted by atomic mass is 35.5. The van der Waals surface area contributed by atoms with Gasteiger partial charge in [0.1, 0.15) is 12.1 Å². The smallest absolute Gasteiger partial charge is 0.322 e. The van der Waals surface area contributed by atoms with Gasteiger partial charge < -0.3 is 26.4 Å². The molecule has 0 aromatic rings. The van der Waals surface area contributed by atoms with E-state index in [1.165, 1.54) is 6.92 Å². The molecule has 2 atom stereocenters. The van der Waals surface area contributed by atoms with Gasteiger partial charge in [0.25, 0.3) is 0 Å². The van der Waals surface area contributed by atoms with E-state index >= 15 is 0 Å². The van der Waals surface area contributed by atoms with Crippen LogP contribution in [0.1, 0.15) is 53.4 Å². The molecule has 0 aromatic heterocycles. The third kappa shape index (κ3) is 31.5. The van der Waals surface area contributed by atoms with E-state index in [2.05, 4.69) is 6.92 Å². The SMILES string of the molecule is CCCCO.CCCCOC(=O)[C@H](C)N.C[C@H](N)C(=O)O.Cl. The third-order valence-corrected chi connectivity index (χ3v) is 2.02. The van der Waals surface area contributed by atoms with Crippen LogP contribution in [0, 0.1) is 0 Å². The molecule has 0 aliphatic rings. The first-order valence-electron chi connectivity index (χ1n) is 7.25. The molecule has 22 heavy (non-hydrogen) atoms. The summed E-state index contributed by atoms with van der Waals surface area (Å²) in [5.74, 6) is -1.27. The van der Waals surface area contributed by atoms with Gasteiger partial charge in [-0.2, -0.15) is 0 Å². The van der Waals surface area contributed by atoms with E-state index in [-0.39, 0.29) is 18.4 Å². The van der Waals surface area contributed by atoms with Crippen LogP contribution in [-0.2, 0) is 14.3 Å². The summed E-state index contributed by atoms with van der Waals surface area (Å²) in [6, 6.07) is -1.22. The number of halogens is 1. The van der Waals surface area contributed by atoms with Crippen molar-refractivity contribution in [1.29, 1.82) is 0 Å². The van der Waals surface area contributed by atoms with E-state index < -0.39 is 18.1 Å². The molecule has 0 aromatic carbocycles. The van der Waals surface area contributed by atoms with Gasteiger partial charge in [-0.3, -0.25) is 9.59 Å². The molecule has 0 aliphatic carbocycles. The Morgan fingerprint density at radius 1 is 1.05 bits per heavy atom. The number of ether oxygens (including phenoxy) is 1. The highest BCUT2D eigenvalue weighted by molar-refractivity contribution is 5.85. The van der Waals surface area contributed by atoms with Gasteiger partial charge in [-0.05, 0) is 26.7 Å². The Hall–Kier alpha value is -0.890. The summed E-state index contributed by atoms with van der Waals surface area (Å²) in [5.41, 5.74) is 10.1. The first-order chi connectivity index (χ1) is 9.74. The molecule has 0 heterocycles. The molecule has 0 amide bonds. The number of carboxylic acid groups (broad SMARTS) is 1. The number of nitrogens with two attached hydrogens (primary N) is 2. The van der Waals surface area contributed by atoms with Crippen LogP contribution in [0.5, 0.6) is 0 Å². The van der Waals surface area contributed by atoms with Crippen molar-refractivity contribution in [3.8, 4) is 0 Å². The van der Waals surface area contributed by atoms with Gasteiger partial charge in [0.15, 0.2) is 0 Å². The summed E-state index contributed by atoms with van der Waals surface area (Å²) in [5, 5.41) is 15.9. The number of aliphatic hydroxyl groups is 1. The monoisotopic (exact) mass is 344 g/mol. The fourth-order valence-corrected chi connectivity index (χ4v) is 0.607. The van der Waals surface area contributed by atoms with Crippen molar-refractivity contribution in [2.75, 3.05) is 13.2 Å². The zero-order valence-electron chi connectivity index (χ0n) is 14.1. The molecule has 0 spiro atoms. The molecule has 0 rings (SSSR count). The van der Waals surface area contributed by atoms with Gasteiger partial charge in [-0.1, -0.05) is 26.7 Å². The highest BCUT2D eigenvalue weighted by Crippen LogP contribution is 1.90. The van der Waals surface area contributed by atoms with Crippen molar-refractivity contribution in [3.63, 3.8) is 0 Å². The van der Waals surface area contributed by atoms with Crippen LogP contribution in [0.3, 0.4) is 0 Å². The number of aliphatic hydroxyl groups excluding tert-OH is 1. The maximum absolute atomic E-state index is 10.7. The van der Waals surface area contributed by atoms with Crippen molar-refractivity contribution in [1.82, 2.24) is 0 Å². The Balaban J connectivity index is -0.000000117. The van der Waals surface area contributed by atoms with Crippen molar-refractivity contribution in [2.24, 2.45) is 11.5 Å². The molecule has 0 bridgehead atoms. The maximum atomic E-state index is 10.7. The fraction of sp³-hybridized carbons (Fsp3) is 0.857. The van der Waals surface area contributed by atoms with E-state index in [1.54, 1.807) is 6.92 Å². The van der Waals surface area contributed by atoms with Crippen molar-refractivity contribution < 1.29 is 24.5 Å². The van der Waals surface area contributed by atoms with Crippen LogP contribution in [0.4, 0.5) is 0 Å². The van der Waals surface area contributed by atoms with E-state index in [1.807, 2.05) is 6.92 Å². The maximum Gasteiger partial charge on any atom is 0.322 e. The summed E-state index contributed by atoms with van der Waals surface area (Å²) >= 11 is 0. The van der Waals surface area contributed by atoms with Crippen molar-refractivity contribution in [2.45, 2.75) is 65.5 Å². The molecular weight excluding hydrogens is 312 g/mol. The quantitative estimate of drug-likeness (QED) is 0.403. The lowest BCUT2D eigenvalue weighted by molar-refractivity contribution is -0.144. The zero-order valence-corrected chi connectivity index (χ0v) is 14.9. The van der Waals surface area contributed by atoms with Gasteiger partial charge in [0.05, 0.1) is 6.61 Å². The summed E-state index contributed by atoms with van der Waals surface area (Å²) in [4.78, 5) is 20.2. The normalized spacial score (nSPS) is 11.4. The van der Waals surface area contributed by atoms with Gasteiger partial charge >= 0.3 is 11.9 Å². The molecule has 0 fully saturated rings. The van der Waals surface area contributed by atoms with E-state index in [0.29, 0.717) is 13.2 Å². The average Bonchev–Trinajstić information content (AvgIpc) is 2.41. The van der Waals surface area contributed by atoms with Crippen LogP contribution in [-0.4, -0.2) is 47.4 Å². The lowest BCUT2D eigenvalue weighted by atomic mass is 10.3. The number of carbonyl (C=O) groups excluding carboxylic acids is 1. The molecule has 0 radical (unpaired) electrons. The first-order valence-corrected chi connectivity index (χ1v) is 7.25. The number of esters is 1. The standard InChI is InChI=1S/C7H15NO2.C4H10O.C3H7NO2.ClH/c1-3-4-5-10-7(9)6(2)8;1-2-3-4-5;1-2(4)3(5)6;/h6H,3-5,8H2,1-2H3;5H,2-4H2,1H3;2H,4H2,1H3,(H,5,6);1H/t6-;;2-;/m0.0./s1. The Labute approximate surface area is 139 Å². The second-order valence-corrected chi connectivity index (χ2v) is 4.51. The highest BCUT2D eigenvalue weighted by Gasteiger charge is 2.06. The van der Waals surface area contributed by atoms with Crippen LogP contribution < -0.4 is 11.5 Å². The summed E-state index contributed by atoms with van der Waals surface area (Å²) in [7, 11) is 0. The number of hydrogen-bond donors (Lipinski definition) is 4. The molecule has 6 N–H and O–H groups in total. The van der Waals surface area contributed by atoms with Crippen molar-refractivity contribution >= 4 is 24.3 Å². The lowest BCUT2D eigenvalue weighted by Crippen LogP contribution is -2.28. The fourth-order valence-electron chi connectivity index (χ4n) is 0.607. The number of aliphatic carboxylic acids is 1. The summed E-state index contributed by atoms with van der Waals surface area (Å²) in [6.07, 6.45) is 3.99. The molecule has 8 heteroatoms. The van der Waals surface area contributed by atoms with Crippen LogP contribution in [0.25, 0.3) is 0 Å². The predicted octanol–water partition coefficient (Wildman–Crippen LogP) is 1.30. The lowest BCUT2D eigenvalue weighted by Gasteiger charge is -2.04. The molecule has 136 valence electrons. The van der Waals surface area contributed by atoms with Crippen LogP contribution in [0.2, 0.25) is 0 Å². The van der Waals surface area contributed by atoms with Gasteiger partial charge in [-0.15, -0.1) is 12.4 Å². The van der Waals surface area contributed by atoms with Gasteiger partial charge in [0.2, 0.25) is 0 Å². The largest absolute Gasteiger partial charge is 0.480 e. The summed E-state index contributed by atoms with van der Waals surface area (Å²) in [6.45, 7) is 7.97. The minimum absolute atomic E-state index is 0. The Morgan fingerprint density at radius 3 is 1.64 bits per heavy atom. The molecule has 0 saturated carbocycles. The second-order valence-electron chi connectivity index (χ2n) is 4.51. The Morgan fingerprint density at radius 2 is 1.45 bits per heavy atom. The van der Waals surface area contributed by atoms with Crippen molar-refractivity contribution in [3.05, 3.63) is 0 Å². The van der Waals surface area contributed by atoms with E-state index in [9.17, 15) is 9.59 Å². The second kappa shape index (κ2) is 22.4. The van der Waals surface area contributed by atoms with Gasteiger partial charge in [-0.25, -0.2) is 0 Å². The first kappa shape index (κ1) is 29.2. The molecule has 0 saturated heterocycles. The number of carbonyl (C=O) groups is 2. The van der Waals surface area contributed by atoms with Crippen LogP contribution >= 0.6 is 12.4 Å². The molecular formula is C14H33ClN2O5. The minimum atomic E-state index is -0.963. The van der Waals surface area contributed by atoms with Crippen LogP contribution in [0.15, 0.2) is 0 Å². The minimum Gasteiger partial charge on any atom is -0.480 e. The number of hydrogen-bond acceptors (Lipinski definition) is 6. The molecule has 0 aliphatic heterocycles. The number of carboxylic acids is 1.